The number of nitrogens with zero attached hydrogens (tertiary/aromatic N) is 5. The van der Waals surface area contributed by atoms with Crippen molar-refractivity contribution < 1.29 is 4.79 Å². The second kappa shape index (κ2) is 8.48. The number of aromatic nitrogens is 3. The van der Waals surface area contributed by atoms with Gasteiger partial charge in [-0.25, -0.2) is 0 Å². The molecule has 1 atom stereocenters. The fraction of sp³-hybridized carbons (Fsp3) is 0.375. The topological polar surface area (TPSA) is 100 Å². The minimum absolute atomic E-state index is 0.129. The molecule has 10 heteroatoms. The molecule has 1 amide bonds. The van der Waals surface area contributed by atoms with Crippen LogP contribution < -0.4 is 16.0 Å². The second-order valence-electron chi connectivity index (χ2n) is 6.01. The number of carbonyl (C=O) groups excluding carboxylic acids is 1. The molecule has 0 radical (unpaired) electrons. The van der Waals surface area contributed by atoms with Crippen molar-refractivity contribution in [3.8, 4) is 0 Å². The Bertz CT molecular complexity index is 800. The van der Waals surface area contributed by atoms with Crippen molar-refractivity contribution in [2.45, 2.75) is 13.0 Å². The number of benzene rings is 1. The van der Waals surface area contributed by atoms with Crippen LogP contribution in [0.2, 0.25) is 10.0 Å². The molecule has 0 saturated heterocycles. The molecule has 1 heterocycles. The fourth-order valence-corrected chi connectivity index (χ4v) is 2.42. The summed E-state index contributed by atoms with van der Waals surface area (Å²) in [6, 6.07) is 4.67. The van der Waals surface area contributed by atoms with Crippen molar-refractivity contribution in [1.29, 1.82) is 0 Å². The summed E-state index contributed by atoms with van der Waals surface area (Å²) in [5.41, 5.74) is 6.33. The zero-order valence-electron chi connectivity index (χ0n) is 15.0. The van der Waals surface area contributed by atoms with E-state index in [-0.39, 0.29) is 24.4 Å². The van der Waals surface area contributed by atoms with Gasteiger partial charge in [0, 0.05) is 19.8 Å². The zero-order valence-corrected chi connectivity index (χ0v) is 16.5. The van der Waals surface area contributed by atoms with E-state index in [4.69, 9.17) is 28.9 Å². The Kier molecular flexibility index (Phi) is 6.57. The molecule has 0 fully saturated rings. The quantitative estimate of drug-likeness (QED) is 0.771. The third-order valence-corrected chi connectivity index (χ3v) is 4.43. The summed E-state index contributed by atoms with van der Waals surface area (Å²) in [6.07, 6.45) is 0. The van der Waals surface area contributed by atoms with Gasteiger partial charge in [0.05, 0.1) is 22.6 Å². The van der Waals surface area contributed by atoms with Gasteiger partial charge in [-0.15, -0.1) is 0 Å². The first-order chi connectivity index (χ1) is 12.2. The Labute approximate surface area is 162 Å². The average molecular weight is 398 g/mol. The number of nitrogen functional groups attached to an aromatic ring is 1. The molecular formula is C16H21Cl2N7O. The Hall–Kier alpha value is -2.16. The minimum Gasteiger partial charge on any atom is -0.368 e. The van der Waals surface area contributed by atoms with Crippen molar-refractivity contribution in [3.05, 3.63) is 34.1 Å². The second-order valence-corrected chi connectivity index (χ2v) is 6.83. The maximum absolute atomic E-state index is 12.3. The number of likely N-dealkylation sites (N-methyl/N-ethyl adjacent to an activating group) is 1. The molecule has 0 aliphatic heterocycles. The SMILES string of the molecule is CC(c1nc(N)nc(N(C)C)n1)N(C)CC(=O)Nc1ccc(Cl)c(Cl)c1. The van der Waals surface area contributed by atoms with Crippen LogP contribution in [0, 0.1) is 0 Å². The monoisotopic (exact) mass is 397 g/mol. The van der Waals surface area contributed by atoms with E-state index in [0.29, 0.717) is 27.5 Å². The highest BCUT2D eigenvalue weighted by Crippen LogP contribution is 2.25. The van der Waals surface area contributed by atoms with E-state index in [0.717, 1.165) is 0 Å². The molecule has 2 rings (SSSR count). The van der Waals surface area contributed by atoms with Gasteiger partial charge in [-0.1, -0.05) is 23.2 Å². The Morgan fingerprint density at radius 3 is 2.50 bits per heavy atom. The summed E-state index contributed by atoms with van der Waals surface area (Å²) in [7, 11) is 5.43. The molecule has 0 bridgehead atoms. The van der Waals surface area contributed by atoms with E-state index < -0.39 is 0 Å². The number of carbonyl (C=O) groups is 1. The van der Waals surface area contributed by atoms with Crippen LogP contribution in [0.5, 0.6) is 0 Å². The summed E-state index contributed by atoms with van der Waals surface area (Å²) in [6.45, 7) is 2.02. The van der Waals surface area contributed by atoms with E-state index in [1.54, 1.807) is 35.0 Å². The smallest absolute Gasteiger partial charge is 0.238 e. The summed E-state index contributed by atoms with van der Waals surface area (Å²) >= 11 is 11.8. The molecule has 0 saturated carbocycles. The number of hydrogen-bond acceptors (Lipinski definition) is 7. The van der Waals surface area contributed by atoms with Gasteiger partial charge in [0.25, 0.3) is 0 Å². The first kappa shape index (κ1) is 20.2. The normalized spacial score (nSPS) is 12.1. The Balaban J connectivity index is 2.05. The lowest BCUT2D eigenvalue weighted by molar-refractivity contribution is -0.117. The van der Waals surface area contributed by atoms with Crippen LogP contribution >= 0.6 is 23.2 Å². The van der Waals surface area contributed by atoms with Crippen LogP contribution in [-0.2, 0) is 4.79 Å². The van der Waals surface area contributed by atoms with Gasteiger partial charge in [-0.2, -0.15) is 15.0 Å². The van der Waals surface area contributed by atoms with Gasteiger partial charge in [-0.05, 0) is 32.2 Å². The minimum atomic E-state index is -0.237. The highest BCUT2D eigenvalue weighted by Gasteiger charge is 2.19. The van der Waals surface area contributed by atoms with E-state index in [1.165, 1.54) is 0 Å². The molecular weight excluding hydrogens is 377 g/mol. The number of amides is 1. The molecule has 2 aromatic rings. The van der Waals surface area contributed by atoms with Gasteiger partial charge >= 0.3 is 0 Å². The first-order valence-corrected chi connectivity index (χ1v) is 8.57. The lowest BCUT2D eigenvalue weighted by Gasteiger charge is -2.23. The molecule has 0 aliphatic carbocycles. The standard InChI is InChI=1S/C16H21Cl2N7O/c1-9(14-21-15(19)23-16(22-14)24(2)3)25(4)8-13(26)20-10-5-6-11(17)12(18)7-10/h5-7,9H,8H2,1-4H3,(H,20,26)(H2,19,21,22,23). The van der Waals surface area contributed by atoms with Crippen molar-refractivity contribution >= 4 is 46.7 Å². The lowest BCUT2D eigenvalue weighted by Crippen LogP contribution is -2.33. The van der Waals surface area contributed by atoms with Gasteiger partial charge < -0.3 is 16.0 Å². The van der Waals surface area contributed by atoms with Crippen LogP contribution in [0.1, 0.15) is 18.8 Å². The third kappa shape index (κ3) is 5.17. The first-order valence-electron chi connectivity index (χ1n) is 7.81. The predicted octanol–water partition coefficient (Wildman–Crippen LogP) is 2.46. The third-order valence-electron chi connectivity index (χ3n) is 3.69. The van der Waals surface area contributed by atoms with Crippen molar-refractivity contribution in [1.82, 2.24) is 19.9 Å². The highest BCUT2D eigenvalue weighted by molar-refractivity contribution is 6.42. The number of anilines is 3. The summed E-state index contributed by atoms with van der Waals surface area (Å²) in [4.78, 5) is 28.5. The van der Waals surface area contributed by atoms with Gasteiger partial charge in [0.2, 0.25) is 17.8 Å². The average Bonchev–Trinajstić information content (AvgIpc) is 2.56. The van der Waals surface area contributed by atoms with Crippen LogP contribution in [0.3, 0.4) is 0 Å². The van der Waals surface area contributed by atoms with Crippen LogP contribution in [-0.4, -0.2) is 53.4 Å². The van der Waals surface area contributed by atoms with Crippen molar-refractivity contribution in [2.75, 3.05) is 43.6 Å². The van der Waals surface area contributed by atoms with Crippen LogP contribution in [0.4, 0.5) is 17.6 Å². The summed E-state index contributed by atoms with van der Waals surface area (Å²) in [5.74, 6) is 0.894. The molecule has 8 nitrogen and oxygen atoms in total. The van der Waals surface area contributed by atoms with E-state index in [1.807, 2.05) is 21.0 Å². The number of nitrogens with one attached hydrogen (secondary N) is 1. The molecule has 1 aromatic carbocycles. The summed E-state index contributed by atoms with van der Waals surface area (Å²) < 4.78 is 0. The molecule has 26 heavy (non-hydrogen) atoms. The molecule has 1 aromatic heterocycles. The predicted molar refractivity (Wildman–Crippen MR) is 105 cm³/mol. The lowest BCUT2D eigenvalue weighted by atomic mass is 10.2. The van der Waals surface area contributed by atoms with E-state index >= 15 is 0 Å². The number of halogens is 2. The molecule has 1 unspecified atom stereocenters. The highest BCUT2D eigenvalue weighted by atomic mass is 35.5. The fourth-order valence-electron chi connectivity index (χ4n) is 2.12. The van der Waals surface area contributed by atoms with Crippen LogP contribution in [0.15, 0.2) is 18.2 Å². The Morgan fingerprint density at radius 1 is 1.19 bits per heavy atom. The number of hydrogen-bond donors (Lipinski definition) is 2. The van der Waals surface area contributed by atoms with E-state index in [9.17, 15) is 4.79 Å². The zero-order chi connectivity index (χ0) is 19.4. The molecule has 0 spiro atoms. The maximum Gasteiger partial charge on any atom is 0.238 e. The maximum atomic E-state index is 12.3. The van der Waals surface area contributed by atoms with Crippen LogP contribution in [0.25, 0.3) is 0 Å². The van der Waals surface area contributed by atoms with E-state index in [2.05, 4.69) is 20.3 Å². The Morgan fingerprint density at radius 2 is 1.88 bits per heavy atom. The van der Waals surface area contributed by atoms with Gasteiger partial charge in [-0.3, -0.25) is 9.69 Å². The number of rotatable bonds is 6. The molecule has 3 N–H and O–H groups in total. The molecule has 140 valence electrons. The largest absolute Gasteiger partial charge is 0.368 e. The van der Waals surface area contributed by atoms with Gasteiger partial charge in [0.15, 0.2) is 5.82 Å². The number of nitrogens with two attached hydrogens (primary N) is 1. The summed E-state index contributed by atoms with van der Waals surface area (Å²) in [5, 5.41) is 3.59. The molecule has 0 aliphatic rings. The van der Waals surface area contributed by atoms with Gasteiger partial charge in [0.1, 0.15) is 0 Å². The van der Waals surface area contributed by atoms with Crippen molar-refractivity contribution in [2.24, 2.45) is 0 Å². The van der Waals surface area contributed by atoms with Crippen molar-refractivity contribution in [3.63, 3.8) is 0 Å².